The highest BCUT2D eigenvalue weighted by Crippen LogP contribution is 2.19. The molecule has 0 unspecified atom stereocenters. The van der Waals surface area contributed by atoms with Crippen LogP contribution in [0, 0.1) is 11.3 Å². The standard InChI is InChI=1S/C11H11NO2/c12-6-2-1-3-9-4-5-11(14)10(7-9)8-13/h1,3-5,7,13-14H,2,8H2. The van der Waals surface area contributed by atoms with E-state index in [1.54, 1.807) is 24.3 Å². The molecule has 0 spiro atoms. The lowest BCUT2D eigenvalue weighted by Gasteiger charge is -2.01. The fraction of sp³-hybridized carbons (Fsp3) is 0.182. The molecule has 0 saturated heterocycles. The van der Waals surface area contributed by atoms with Crippen LogP contribution in [0.1, 0.15) is 17.5 Å². The maximum atomic E-state index is 9.27. The van der Waals surface area contributed by atoms with Crippen molar-refractivity contribution in [2.24, 2.45) is 0 Å². The number of aliphatic hydroxyl groups is 1. The van der Waals surface area contributed by atoms with E-state index in [-0.39, 0.29) is 12.4 Å². The Bertz CT molecular complexity index is 377. The highest BCUT2D eigenvalue weighted by molar-refractivity contribution is 5.53. The third-order valence-corrected chi connectivity index (χ3v) is 1.79. The minimum absolute atomic E-state index is 0.0879. The van der Waals surface area contributed by atoms with Gasteiger partial charge in [0.2, 0.25) is 0 Å². The zero-order valence-corrected chi connectivity index (χ0v) is 7.64. The number of aromatic hydroxyl groups is 1. The zero-order valence-electron chi connectivity index (χ0n) is 7.64. The van der Waals surface area contributed by atoms with Crippen LogP contribution in [0.4, 0.5) is 0 Å². The topological polar surface area (TPSA) is 64.2 Å². The molecule has 0 aliphatic carbocycles. The van der Waals surface area contributed by atoms with Crippen LogP contribution in [0.5, 0.6) is 5.75 Å². The monoisotopic (exact) mass is 189 g/mol. The highest BCUT2D eigenvalue weighted by Gasteiger charge is 1.98. The first-order chi connectivity index (χ1) is 6.77. The molecule has 72 valence electrons. The van der Waals surface area contributed by atoms with Gasteiger partial charge >= 0.3 is 0 Å². The Kier molecular flexibility index (Phi) is 3.71. The zero-order chi connectivity index (χ0) is 10.4. The molecule has 0 atom stereocenters. The Balaban J connectivity index is 2.85. The lowest BCUT2D eigenvalue weighted by molar-refractivity contribution is 0.275. The predicted molar refractivity (Wildman–Crippen MR) is 53.3 cm³/mol. The van der Waals surface area contributed by atoms with Crippen LogP contribution < -0.4 is 0 Å². The van der Waals surface area contributed by atoms with E-state index < -0.39 is 0 Å². The van der Waals surface area contributed by atoms with Gasteiger partial charge in [0.15, 0.2) is 0 Å². The summed E-state index contributed by atoms with van der Waals surface area (Å²) in [6.45, 7) is -0.189. The van der Waals surface area contributed by atoms with Gasteiger partial charge in [0.1, 0.15) is 5.75 Å². The van der Waals surface area contributed by atoms with Crippen LogP contribution >= 0.6 is 0 Å². The summed E-state index contributed by atoms with van der Waals surface area (Å²) in [6.07, 6.45) is 3.87. The Labute approximate surface area is 82.5 Å². The largest absolute Gasteiger partial charge is 0.508 e. The third-order valence-electron chi connectivity index (χ3n) is 1.79. The third kappa shape index (κ3) is 2.61. The Morgan fingerprint density at radius 3 is 2.86 bits per heavy atom. The van der Waals surface area contributed by atoms with Crippen molar-refractivity contribution in [2.75, 3.05) is 0 Å². The van der Waals surface area contributed by atoms with Gasteiger partial charge in [-0.2, -0.15) is 5.26 Å². The molecule has 3 nitrogen and oxygen atoms in total. The van der Waals surface area contributed by atoms with E-state index in [0.717, 1.165) is 5.56 Å². The van der Waals surface area contributed by atoms with Gasteiger partial charge in [-0.3, -0.25) is 0 Å². The molecule has 3 heteroatoms. The van der Waals surface area contributed by atoms with E-state index in [1.165, 1.54) is 6.07 Å². The summed E-state index contributed by atoms with van der Waals surface area (Å²) in [5, 5.41) is 26.5. The highest BCUT2D eigenvalue weighted by atomic mass is 16.3. The van der Waals surface area contributed by atoms with Crippen molar-refractivity contribution in [2.45, 2.75) is 13.0 Å². The maximum absolute atomic E-state index is 9.27. The summed E-state index contributed by atoms with van der Waals surface area (Å²) in [4.78, 5) is 0. The summed E-state index contributed by atoms with van der Waals surface area (Å²) in [6, 6.07) is 6.93. The van der Waals surface area contributed by atoms with Crippen LogP contribution in [0.2, 0.25) is 0 Å². The van der Waals surface area contributed by atoms with E-state index in [2.05, 4.69) is 0 Å². The second-order valence-corrected chi connectivity index (χ2v) is 2.81. The number of nitrogens with zero attached hydrogens (tertiary/aromatic N) is 1. The first-order valence-corrected chi connectivity index (χ1v) is 4.24. The van der Waals surface area contributed by atoms with Crippen molar-refractivity contribution in [3.63, 3.8) is 0 Å². The minimum Gasteiger partial charge on any atom is -0.508 e. The molecule has 1 rings (SSSR count). The first-order valence-electron chi connectivity index (χ1n) is 4.24. The molecule has 0 radical (unpaired) electrons. The van der Waals surface area contributed by atoms with Gasteiger partial charge < -0.3 is 10.2 Å². The number of benzene rings is 1. The smallest absolute Gasteiger partial charge is 0.121 e. The van der Waals surface area contributed by atoms with Gasteiger partial charge in [0.05, 0.1) is 19.1 Å². The van der Waals surface area contributed by atoms with Crippen molar-refractivity contribution in [1.29, 1.82) is 5.26 Å². The van der Waals surface area contributed by atoms with Crippen LogP contribution in [0.25, 0.3) is 6.08 Å². The van der Waals surface area contributed by atoms with E-state index in [4.69, 9.17) is 10.4 Å². The van der Waals surface area contributed by atoms with Gasteiger partial charge in [-0.05, 0) is 17.7 Å². The number of nitriles is 1. The number of hydrogen-bond donors (Lipinski definition) is 2. The van der Waals surface area contributed by atoms with Gasteiger partial charge in [-0.25, -0.2) is 0 Å². The van der Waals surface area contributed by atoms with Crippen LogP contribution in [-0.2, 0) is 6.61 Å². The molecule has 14 heavy (non-hydrogen) atoms. The molecule has 0 aliphatic heterocycles. The molecular formula is C11H11NO2. The number of hydrogen-bond acceptors (Lipinski definition) is 3. The Morgan fingerprint density at radius 2 is 2.21 bits per heavy atom. The molecule has 0 bridgehead atoms. The van der Waals surface area contributed by atoms with Crippen molar-refractivity contribution in [3.8, 4) is 11.8 Å². The van der Waals surface area contributed by atoms with E-state index in [9.17, 15) is 5.11 Å². The molecule has 0 aliphatic rings. The molecule has 0 fully saturated rings. The number of allylic oxidation sites excluding steroid dienone is 1. The molecule has 0 heterocycles. The molecule has 0 saturated carbocycles. The lowest BCUT2D eigenvalue weighted by Crippen LogP contribution is -1.84. The van der Waals surface area contributed by atoms with Crippen LogP contribution in [-0.4, -0.2) is 10.2 Å². The van der Waals surface area contributed by atoms with Crippen molar-refractivity contribution in [3.05, 3.63) is 35.4 Å². The van der Waals surface area contributed by atoms with Crippen molar-refractivity contribution >= 4 is 6.08 Å². The molecule has 0 amide bonds. The summed E-state index contributed by atoms with van der Waals surface area (Å²) in [5.74, 6) is 0.0879. The van der Waals surface area contributed by atoms with E-state index in [0.29, 0.717) is 12.0 Å². The maximum Gasteiger partial charge on any atom is 0.121 e. The van der Waals surface area contributed by atoms with E-state index >= 15 is 0 Å². The fourth-order valence-electron chi connectivity index (χ4n) is 1.08. The fourth-order valence-corrected chi connectivity index (χ4v) is 1.08. The molecule has 1 aromatic rings. The quantitative estimate of drug-likeness (QED) is 0.762. The first kappa shape index (κ1) is 10.3. The molecular weight excluding hydrogens is 178 g/mol. The SMILES string of the molecule is N#CCC=Cc1ccc(O)c(CO)c1. The molecule has 0 aromatic heterocycles. The second-order valence-electron chi connectivity index (χ2n) is 2.81. The van der Waals surface area contributed by atoms with E-state index in [1.807, 2.05) is 6.07 Å². The Hall–Kier alpha value is -1.79. The number of phenols is 1. The van der Waals surface area contributed by atoms with Crippen LogP contribution in [0.3, 0.4) is 0 Å². The number of aliphatic hydroxyl groups excluding tert-OH is 1. The van der Waals surface area contributed by atoms with Gasteiger partial charge in [-0.15, -0.1) is 0 Å². The summed E-state index contributed by atoms with van der Waals surface area (Å²) < 4.78 is 0. The van der Waals surface area contributed by atoms with Crippen LogP contribution in [0.15, 0.2) is 24.3 Å². The average Bonchev–Trinajstić information content (AvgIpc) is 2.21. The molecule has 2 N–H and O–H groups in total. The Morgan fingerprint density at radius 1 is 1.43 bits per heavy atom. The van der Waals surface area contributed by atoms with Gasteiger partial charge in [0, 0.05) is 5.56 Å². The lowest BCUT2D eigenvalue weighted by atomic mass is 10.1. The van der Waals surface area contributed by atoms with Crippen molar-refractivity contribution < 1.29 is 10.2 Å². The predicted octanol–water partition coefficient (Wildman–Crippen LogP) is 1.81. The summed E-state index contributed by atoms with van der Waals surface area (Å²) in [7, 11) is 0. The van der Waals surface area contributed by atoms with Crippen molar-refractivity contribution in [1.82, 2.24) is 0 Å². The normalized spacial score (nSPS) is 10.3. The van der Waals surface area contributed by atoms with Gasteiger partial charge in [-0.1, -0.05) is 18.2 Å². The summed E-state index contributed by atoms with van der Waals surface area (Å²) >= 11 is 0. The minimum atomic E-state index is -0.189. The number of rotatable bonds is 3. The summed E-state index contributed by atoms with van der Waals surface area (Å²) in [5.41, 5.74) is 1.35. The second kappa shape index (κ2) is 5.05. The molecule has 1 aromatic carbocycles. The average molecular weight is 189 g/mol. The van der Waals surface area contributed by atoms with Gasteiger partial charge in [0.25, 0.3) is 0 Å².